The summed E-state index contributed by atoms with van der Waals surface area (Å²) in [5, 5.41) is 0. The Kier molecular flexibility index (Phi) is 57.4. The second-order valence-corrected chi connectivity index (χ2v) is 19.5. The molecule has 0 spiro atoms. The molecule has 0 heterocycles. The van der Waals surface area contributed by atoms with Gasteiger partial charge in [-0.1, -0.05) is 257 Å². The van der Waals surface area contributed by atoms with Gasteiger partial charge in [-0.15, -0.1) is 0 Å². The predicted molar refractivity (Wildman–Crippen MR) is 320 cm³/mol. The van der Waals surface area contributed by atoms with Crippen LogP contribution in [0.1, 0.15) is 258 Å². The Hall–Kier alpha value is -4.45. The Bertz CT molecular complexity index is 1600. The van der Waals surface area contributed by atoms with Crippen LogP contribution in [0.15, 0.2) is 134 Å². The van der Waals surface area contributed by atoms with E-state index in [-0.39, 0.29) is 31.1 Å². The van der Waals surface area contributed by atoms with Crippen molar-refractivity contribution < 1.29 is 28.6 Å². The van der Waals surface area contributed by atoms with E-state index in [1.807, 2.05) is 0 Å². The SMILES string of the molecule is CC/C=C\C/C=C\C/C=C\C/C=C\C/C=C\C/C=C\CCCCCCCCCCCCC(=O)OCC(COC(=O)CCCCCCCC)OC(=O)CCCCCCC/C=C\C/C=C\C/C=C\C/C=C\C/C=C\CC. The van der Waals surface area contributed by atoms with E-state index in [4.69, 9.17) is 14.2 Å². The fourth-order valence-corrected chi connectivity index (χ4v) is 7.94. The highest BCUT2D eigenvalue weighted by Crippen LogP contribution is 2.15. The molecule has 0 aliphatic carbocycles. The number of esters is 3. The fraction of sp³-hybridized carbons (Fsp3) is 0.632. The zero-order chi connectivity index (χ0) is 53.6. The Morgan fingerprint density at radius 1 is 0.284 bits per heavy atom. The first-order chi connectivity index (χ1) is 36.5. The highest BCUT2D eigenvalue weighted by Gasteiger charge is 2.19. The summed E-state index contributed by atoms with van der Waals surface area (Å²) in [6.07, 6.45) is 86.2. The first kappa shape index (κ1) is 69.5. The van der Waals surface area contributed by atoms with Crippen LogP contribution in [-0.2, 0) is 28.6 Å². The summed E-state index contributed by atoms with van der Waals surface area (Å²) in [4.78, 5) is 38.0. The van der Waals surface area contributed by atoms with E-state index in [1.54, 1.807) is 0 Å². The quantitative estimate of drug-likeness (QED) is 0.0261. The molecule has 0 aliphatic heterocycles. The molecule has 0 aromatic carbocycles. The highest BCUT2D eigenvalue weighted by atomic mass is 16.6. The van der Waals surface area contributed by atoms with Crippen LogP contribution < -0.4 is 0 Å². The van der Waals surface area contributed by atoms with Gasteiger partial charge in [0.2, 0.25) is 0 Å². The monoisotopic (exact) mass is 1020 g/mol. The van der Waals surface area contributed by atoms with E-state index < -0.39 is 6.10 Å². The Morgan fingerprint density at radius 2 is 0.527 bits per heavy atom. The molecule has 0 aliphatic rings. The van der Waals surface area contributed by atoms with Crippen molar-refractivity contribution in [3.05, 3.63) is 134 Å². The molecule has 0 bridgehead atoms. The maximum atomic E-state index is 12.8. The van der Waals surface area contributed by atoms with E-state index in [0.717, 1.165) is 148 Å². The van der Waals surface area contributed by atoms with Crippen molar-refractivity contribution in [2.24, 2.45) is 0 Å². The summed E-state index contributed by atoms with van der Waals surface area (Å²) in [5.74, 6) is -0.926. The van der Waals surface area contributed by atoms with Crippen LogP contribution >= 0.6 is 0 Å². The molecule has 418 valence electrons. The molecule has 74 heavy (non-hydrogen) atoms. The summed E-state index contributed by atoms with van der Waals surface area (Å²) in [7, 11) is 0. The lowest BCUT2D eigenvalue weighted by Crippen LogP contribution is -2.30. The summed E-state index contributed by atoms with van der Waals surface area (Å²) in [6.45, 7) is 6.33. The smallest absolute Gasteiger partial charge is 0.306 e. The third kappa shape index (κ3) is 58.4. The molecule has 0 aromatic rings. The first-order valence-corrected chi connectivity index (χ1v) is 30.2. The lowest BCUT2D eigenvalue weighted by atomic mass is 10.1. The first-order valence-electron chi connectivity index (χ1n) is 30.2. The third-order valence-electron chi connectivity index (χ3n) is 12.4. The third-order valence-corrected chi connectivity index (χ3v) is 12.4. The van der Waals surface area contributed by atoms with Crippen molar-refractivity contribution in [1.82, 2.24) is 0 Å². The second kappa shape index (κ2) is 61.1. The minimum absolute atomic E-state index is 0.0903. The maximum Gasteiger partial charge on any atom is 0.306 e. The number of hydrogen-bond donors (Lipinski definition) is 0. The molecule has 0 N–H and O–H groups in total. The lowest BCUT2D eigenvalue weighted by molar-refractivity contribution is -0.167. The molecular weight excluding hydrogens is 913 g/mol. The molecule has 0 rings (SSSR count). The molecule has 1 unspecified atom stereocenters. The lowest BCUT2D eigenvalue weighted by Gasteiger charge is -2.18. The molecule has 6 nitrogen and oxygen atoms in total. The van der Waals surface area contributed by atoms with Crippen LogP contribution in [0, 0.1) is 0 Å². The molecule has 1 atom stereocenters. The fourth-order valence-electron chi connectivity index (χ4n) is 7.94. The minimum Gasteiger partial charge on any atom is -0.462 e. The maximum absolute atomic E-state index is 12.8. The largest absolute Gasteiger partial charge is 0.462 e. The Morgan fingerprint density at radius 3 is 0.824 bits per heavy atom. The minimum atomic E-state index is -0.792. The van der Waals surface area contributed by atoms with Crippen LogP contribution in [-0.4, -0.2) is 37.2 Å². The van der Waals surface area contributed by atoms with Crippen molar-refractivity contribution in [1.29, 1.82) is 0 Å². The van der Waals surface area contributed by atoms with Crippen LogP contribution in [0.3, 0.4) is 0 Å². The number of carbonyl (C=O) groups is 3. The summed E-state index contributed by atoms with van der Waals surface area (Å²) in [5.41, 5.74) is 0. The number of allylic oxidation sites excluding steroid dienone is 22. The number of carbonyl (C=O) groups excluding carboxylic acids is 3. The van der Waals surface area contributed by atoms with Crippen molar-refractivity contribution in [2.45, 2.75) is 264 Å². The standard InChI is InChI=1S/C68H110O6/c1-4-7-10-13-16-18-20-22-24-26-28-30-31-32-33-34-35-36-37-39-40-42-44-46-48-50-52-55-58-61-67(70)73-64-65(63-72-66(69)60-57-54-15-12-9-6-3)74-68(71)62-59-56-53-51-49-47-45-43-41-38-29-27-25-23-21-19-17-14-11-8-5-2/h7-8,10-11,16-19,22-25,28-30,32-33,35-36,38,43,45,65H,4-6,9,12-15,20-21,26-27,31,34,37,39-42,44,46-64H2,1-3H3/b10-7-,11-8-,18-16-,19-17-,24-22-,25-23-,30-28-,33-32-,36-35-,38-29-,45-43-. The zero-order valence-corrected chi connectivity index (χ0v) is 47.8. The van der Waals surface area contributed by atoms with E-state index >= 15 is 0 Å². The van der Waals surface area contributed by atoms with Crippen LogP contribution in [0.5, 0.6) is 0 Å². The average molecular weight is 1020 g/mol. The van der Waals surface area contributed by atoms with Crippen molar-refractivity contribution in [2.75, 3.05) is 13.2 Å². The molecule has 0 amide bonds. The highest BCUT2D eigenvalue weighted by molar-refractivity contribution is 5.71. The van der Waals surface area contributed by atoms with Gasteiger partial charge in [-0.25, -0.2) is 0 Å². The van der Waals surface area contributed by atoms with E-state index in [2.05, 4.69) is 154 Å². The van der Waals surface area contributed by atoms with Crippen LogP contribution in [0.2, 0.25) is 0 Å². The van der Waals surface area contributed by atoms with Crippen molar-refractivity contribution in [3.63, 3.8) is 0 Å². The molecule has 6 heteroatoms. The average Bonchev–Trinajstić information content (AvgIpc) is 3.40. The van der Waals surface area contributed by atoms with Gasteiger partial charge >= 0.3 is 17.9 Å². The molecule has 0 fully saturated rings. The number of hydrogen-bond acceptors (Lipinski definition) is 6. The van der Waals surface area contributed by atoms with Gasteiger partial charge in [-0.05, 0) is 116 Å². The normalized spacial score (nSPS) is 13.1. The van der Waals surface area contributed by atoms with E-state index in [9.17, 15) is 14.4 Å². The summed E-state index contributed by atoms with van der Waals surface area (Å²) < 4.78 is 16.8. The summed E-state index contributed by atoms with van der Waals surface area (Å²) in [6, 6.07) is 0. The van der Waals surface area contributed by atoms with Gasteiger partial charge in [0.1, 0.15) is 13.2 Å². The van der Waals surface area contributed by atoms with Gasteiger partial charge in [0, 0.05) is 19.3 Å². The second-order valence-electron chi connectivity index (χ2n) is 19.5. The van der Waals surface area contributed by atoms with E-state index in [0.29, 0.717) is 19.3 Å². The molecule has 0 saturated heterocycles. The van der Waals surface area contributed by atoms with Crippen LogP contribution in [0.4, 0.5) is 0 Å². The van der Waals surface area contributed by atoms with Gasteiger partial charge in [0.25, 0.3) is 0 Å². The Labute approximate surface area is 455 Å². The van der Waals surface area contributed by atoms with Gasteiger partial charge in [0.05, 0.1) is 0 Å². The zero-order valence-electron chi connectivity index (χ0n) is 47.8. The molecule has 0 aromatic heterocycles. The number of rotatable bonds is 53. The van der Waals surface area contributed by atoms with E-state index in [1.165, 1.54) is 70.6 Å². The van der Waals surface area contributed by atoms with Gasteiger partial charge in [0.15, 0.2) is 6.10 Å². The van der Waals surface area contributed by atoms with Crippen molar-refractivity contribution >= 4 is 17.9 Å². The predicted octanol–water partition coefficient (Wildman–Crippen LogP) is 20.6. The van der Waals surface area contributed by atoms with Gasteiger partial charge in [-0.2, -0.15) is 0 Å². The number of unbranched alkanes of at least 4 members (excludes halogenated alkanes) is 20. The van der Waals surface area contributed by atoms with Crippen molar-refractivity contribution in [3.8, 4) is 0 Å². The summed E-state index contributed by atoms with van der Waals surface area (Å²) >= 11 is 0. The molecule has 0 saturated carbocycles. The van der Waals surface area contributed by atoms with Gasteiger partial charge in [-0.3, -0.25) is 14.4 Å². The number of ether oxygens (including phenoxy) is 3. The molecule has 0 radical (unpaired) electrons. The Balaban J connectivity index is 4.18. The van der Waals surface area contributed by atoms with Crippen LogP contribution in [0.25, 0.3) is 0 Å². The topological polar surface area (TPSA) is 78.9 Å². The molecular formula is C68H110O6. The van der Waals surface area contributed by atoms with Gasteiger partial charge < -0.3 is 14.2 Å².